The van der Waals surface area contributed by atoms with Gasteiger partial charge in [0, 0.05) is 11.7 Å². The Balaban J connectivity index is 2.12. The van der Waals surface area contributed by atoms with Crippen molar-refractivity contribution in [1.29, 1.82) is 0 Å². The smallest absolute Gasteiger partial charge is 0.119 e. The van der Waals surface area contributed by atoms with Gasteiger partial charge in [-0.05, 0) is 49.1 Å². The highest BCUT2D eigenvalue weighted by atomic mass is 16.5. The van der Waals surface area contributed by atoms with Crippen LogP contribution in [0.15, 0.2) is 48.5 Å². The molecule has 0 spiro atoms. The van der Waals surface area contributed by atoms with Gasteiger partial charge in [-0.3, -0.25) is 0 Å². The molecule has 21 heavy (non-hydrogen) atoms. The number of hydrogen-bond donors (Lipinski definition) is 1. The predicted octanol–water partition coefficient (Wildman–Crippen LogP) is 5.38. The third-order valence-electron chi connectivity index (χ3n) is 3.65. The molecule has 1 atom stereocenters. The van der Waals surface area contributed by atoms with Crippen molar-refractivity contribution in [2.45, 2.75) is 39.7 Å². The molecule has 0 radical (unpaired) electrons. The summed E-state index contributed by atoms with van der Waals surface area (Å²) in [6.07, 6.45) is 0. The van der Waals surface area contributed by atoms with Crippen LogP contribution in [0.1, 0.15) is 50.8 Å². The van der Waals surface area contributed by atoms with E-state index < -0.39 is 0 Å². The molecule has 2 heteroatoms. The minimum Gasteiger partial charge on any atom is -0.494 e. The normalized spacial score (nSPS) is 12.2. The monoisotopic (exact) mass is 283 g/mol. The Morgan fingerprint density at radius 1 is 0.952 bits per heavy atom. The van der Waals surface area contributed by atoms with Gasteiger partial charge in [0.25, 0.3) is 0 Å². The highest BCUT2D eigenvalue weighted by Crippen LogP contribution is 2.28. The first-order chi connectivity index (χ1) is 10.1. The number of nitrogens with one attached hydrogen (secondary N) is 1. The first-order valence-corrected chi connectivity index (χ1v) is 7.70. The van der Waals surface area contributed by atoms with Crippen molar-refractivity contribution in [3.05, 3.63) is 59.7 Å². The molecule has 2 nitrogen and oxygen atoms in total. The maximum absolute atomic E-state index is 5.49. The van der Waals surface area contributed by atoms with E-state index in [1.165, 1.54) is 16.8 Å². The van der Waals surface area contributed by atoms with Gasteiger partial charge in [-0.2, -0.15) is 0 Å². The van der Waals surface area contributed by atoms with E-state index in [4.69, 9.17) is 4.74 Å². The highest BCUT2D eigenvalue weighted by Gasteiger charge is 2.10. The lowest BCUT2D eigenvalue weighted by Crippen LogP contribution is -2.09. The number of ether oxygens (including phenoxy) is 1. The zero-order valence-electron chi connectivity index (χ0n) is 13.4. The van der Waals surface area contributed by atoms with E-state index in [0.717, 1.165) is 5.75 Å². The molecular weight excluding hydrogens is 258 g/mol. The summed E-state index contributed by atoms with van der Waals surface area (Å²) in [5, 5.41) is 3.62. The number of para-hydroxylation sites is 1. The van der Waals surface area contributed by atoms with Crippen molar-refractivity contribution >= 4 is 5.69 Å². The van der Waals surface area contributed by atoms with Crippen LogP contribution < -0.4 is 10.1 Å². The van der Waals surface area contributed by atoms with E-state index in [2.05, 4.69) is 62.5 Å². The van der Waals surface area contributed by atoms with Gasteiger partial charge in [-0.15, -0.1) is 0 Å². The molecule has 0 aliphatic rings. The molecule has 0 aliphatic carbocycles. The molecule has 1 unspecified atom stereocenters. The summed E-state index contributed by atoms with van der Waals surface area (Å²) >= 11 is 0. The van der Waals surface area contributed by atoms with Crippen LogP contribution in [0, 0.1) is 0 Å². The molecule has 1 N–H and O–H groups in total. The van der Waals surface area contributed by atoms with E-state index in [1.54, 1.807) is 0 Å². The first-order valence-electron chi connectivity index (χ1n) is 7.70. The minimum atomic E-state index is 0.264. The fourth-order valence-corrected chi connectivity index (χ4v) is 2.47. The van der Waals surface area contributed by atoms with Gasteiger partial charge in [0.2, 0.25) is 0 Å². The van der Waals surface area contributed by atoms with Gasteiger partial charge in [0.05, 0.1) is 6.61 Å². The fraction of sp³-hybridized carbons (Fsp3) is 0.368. The fourth-order valence-electron chi connectivity index (χ4n) is 2.47. The van der Waals surface area contributed by atoms with Crippen molar-refractivity contribution in [1.82, 2.24) is 0 Å². The Bertz CT molecular complexity index is 560. The molecule has 0 fully saturated rings. The lowest BCUT2D eigenvalue weighted by Gasteiger charge is -2.20. The van der Waals surface area contributed by atoms with Gasteiger partial charge >= 0.3 is 0 Å². The average Bonchev–Trinajstić information content (AvgIpc) is 2.48. The van der Waals surface area contributed by atoms with Crippen molar-refractivity contribution in [3.63, 3.8) is 0 Å². The summed E-state index contributed by atoms with van der Waals surface area (Å²) in [5.74, 6) is 1.44. The Morgan fingerprint density at radius 2 is 1.62 bits per heavy atom. The van der Waals surface area contributed by atoms with Crippen LogP contribution in [0.5, 0.6) is 5.75 Å². The molecule has 0 aliphatic heterocycles. The zero-order chi connectivity index (χ0) is 15.2. The van der Waals surface area contributed by atoms with Crippen LogP contribution >= 0.6 is 0 Å². The molecule has 2 aromatic carbocycles. The highest BCUT2D eigenvalue weighted by molar-refractivity contribution is 5.54. The second-order valence-electron chi connectivity index (χ2n) is 5.61. The third-order valence-corrected chi connectivity index (χ3v) is 3.65. The van der Waals surface area contributed by atoms with E-state index in [1.807, 2.05) is 19.1 Å². The van der Waals surface area contributed by atoms with Crippen molar-refractivity contribution in [2.75, 3.05) is 11.9 Å². The first kappa shape index (κ1) is 15.4. The Kier molecular flexibility index (Phi) is 5.26. The number of rotatable bonds is 6. The third kappa shape index (κ3) is 4.01. The van der Waals surface area contributed by atoms with Crippen molar-refractivity contribution in [3.8, 4) is 5.75 Å². The molecule has 0 aromatic heterocycles. The van der Waals surface area contributed by atoms with E-state index in [-0.39, 0.29) is 6.04 Å². The standard InChI is InChI=1S/C19H25NO/c1-5-21-17-12-10-16(11-13-17)15(4)20-19-9-7-6-8-18(19)14(2)3/h6-15,20H,5H2,1-4H3. The number of anilines is 1. The van der Waals surface area contributed by atoms with Gasteiger partial charge in [0.1, 0.15) is 5.75 Å². The van der Waals surface area contributed by atoms with E-state index >= 15 is 0 Å². The second-order valence-corrected chi connectivity index (χ2v) is 5.61. The summed E-state index contributed by atoms with van der Waals surface area (Å²) < 4.78 is 5.49. The van der Waals surface area contributed by atoms with Crippen LogP contribution in [-0.2, 0) is 0 Å². The maximum Gasteiger partial charge on any atom is 0.119 e. The summed E-state index contributed by atoms with van der Waals surface area (Å²) in [6.45, 7) is 9.34. The second kappa shape index (κ2) is 7.16. The topological polar surface area (TPSA) is 21.3 Å². The summed E-state index contributed by atoms with van der Waals surface area (Å²) in [5.41, 5.74) is 3.83. The SMILES string of the molecule is CCOc1ccc(C(C)Nc2ccccc2C(C)C)cc1. The lowest BCUT2D eigenvalue weighted by molar-refractivity contribution is 0.340. The van der Waals surface area contributed by atoms with Crippen LogP contribution in [0.25, 0.3) is 0 Å². The largest absolute Gasteiger partial charge is 0.494 e. The molecule has 0 heterocycles. The number of benzene rings is 2. The summed E-state index contributed by atoms with van der Waals surface area (Å²) in [6, 6.07) is 17.1. The van der Waals surface area contributed by atoms with Crippen LogP contribution in [0.4, 0.5) is 5.69 Å². The van der Waals surface area contributed by atoms with Crippen LogP contribution in [-0.4, -0.2) is 6.61 Å². The number of hydrogen-bond acceptors (Lipinski definition) is 2. The minimum absolute atomic E-state index is 0.264. The van der Waals surface area contributed by atoms with Crippen molar-refractivity contribution < 1.29 is 4.74 Å². The van der Waals surface area contributed by atoms with Gasteiger partial charge in [-0.1, -0.05) is 44.2 Å². The van der Waals surface area contributed by atoms with Crippen LogP contribution in [0.3, 0.4) is 0 Å². The molecule has 0 saturated carbocycles. The Hall–Kier alpha value is -1.96. The van der Waals surface area contributed by atoms with E-state index in [9.17, 15) is 0 Å². The molecule has 2 aromatic rings. The lowest BCUT2D eigenvalue weighted by atomic mass is 10.00. The molecule has 0 bridgehead atoms. The van der Waals surface area contributed by atoms with E-state index in [0.29, 0.717) is 12.5 Å². The molecule has 0 amide bonds. The summed E-state index contributed by atoms with van der Waals surface area (Å²) in [4.78, 5) is 0. The molecule has 112 valence electrons. The zero-order valence-corrected chi connectivity index (χ0v) is 13.4. The van der Waals surface area contributed by atoms with Crippen LogP contribution in [0.2, 0.25) is 0 Å². The Morgan fingerprint density at radius 3 is 2.24 bits per heavy atom. The maximum atomic E-state index is 5.49. The quantitative estimate of drug-likeness (QED) is 0.768. The van der Waals surface area contributed by atoms with Crippen molar-refractivity contribution in [2.24, 2.45) is 0 Å². The van der Waals surface area contributed by atoms with Gasteiger partial charge in [0.15, 0.2) is 0 Å². The molecular formula is C19H25NO. The molecule has 0 saturated heterocycles. The predicted molar refractivity (Wildman–Crippen MR) is 90.2 cm³/mol. The van der Waals surface area contributed by atoms with Gasteiger partial charge in [-0.25, -0.2) is 0 Å². The average molecular weight is 283 g/mol. The molecule has 2 rings (SSSR count). The Labute approximate surface area is 128 Å². The summed E-state index contributed by atoms with van der Waals surface area (Å²) in [7, 11) is 0. The van der Waals surface area contributed by atoms with Gasteiger partial charge < -0.3 is 10.1 Å².